The van der Waals surface area contributed by atoms with Gasteiger partial charge in [0, 0.05) is 12.6 Å². The lowest BCUT2D eigenvalue weighted by atomic mass is 9.99. The fraction of sp³-hybridized carbons (Fsp3) is 0.364. The van der Waals surface area contributed by atoms with Gasteiger partial charge >= 0.3 is 6.03 Å². The maximum atomic E-state index is 13.0. The molecule has 0 radical (unpaired) electrons. The lowest BCUT2D eigenvalue weighted by Crippen LogP contribution is -2.74. The molecular weight excluding hydrogens is 398 g/mol. The first-order valence-corrected chi connectivity index (χ1v) is 10.2. The number of hydrogen-bond acceptors (Lipinski definition) is 7. The Bertz CT molecular complexity index is 954. The van der Waals surface area contributed by atoms with E-state index < -0.39 is 18.1 Å². The number of carbonyl (C=O) groups excluding carboxylic acids is 2. The highest BCUT2D eigenvalue weighted by atomic mass is 16.5. The Balaban J connectivity index is 1.42. The summed E-state index contributed by atoms with van der Waals surface area (Å²) in [7, 11) is 3.20. The van der Waals surface area contributed by atoms with Gasteiger partial charge in [-0.2, -0.15) is 0 Å². The number of urea groups is 1. The van der Waals surface area contributed by atoms with Crippen LogP contribution in [-0.2, 0) is 4.79 Å². The number of methoxy groups -OCH3 is 2. The fourth-order valence-corrected chi connectivity index (χ4v) is 3.95. The van der Waals surface area contributed by atoms with Gasteiger partial charge in [0.25, 0.3) is 0 Å². The van der Waals surface area contributed by atoms with E-state index in [0.717, 1.165) is 5.56 Å². The van der Waals surface area contributed by atoms with Crippen molar-refractivity contribution in [2.45, 2.75) is 25.4 Å². The van der Waals surface area contributed by atoms with Gasteiger partial charge in [-0.05, 0) is 36.8 Å². The van der Waals surface area contributed by atoms with E-state index in [0.29, 0.717) is 23.7 Å². The summed E-state index contributed by atoms with van der Waals surface area (Å²) in [6.07, 6.45) is -0.753. The monoisotopic (exact) mass is 425 g/mol. The lowest BCUT2D eigenvalue weighted by Gasteiger charge is -2.44. The molecular formula is C22H27N5O4. The van der Waals surface area contributed by atoms with Crippen LogP contribution >= 0.6 is 0 Å². The van der Waals surface area contributed by atoms with Crippen molar-refractivity contribution in [2.24, 2.45) is 5.92 Å². The van der Waals surface area contributed by atoms with Crippen molar-refractivity contribution in [3.8, 4) is 11.5 Å². The molecule has 2 aromatic carbocycles. The van der Waals surface area contributed by atoms with Crippen LogP contribution in [0.5, 0.6) is 11.5 Å². The molecule has 2 fully saturated rings. The SMILES string of the molecule is COc1ccc(C(C)NC2NCC3C(=O)N(c4ccccc4)C(=O)NC3N2)cc1OC. The third kappa shape index (κ3) is 4.20. The number of anilines is 1. The van der Waals surface area contributed by atoms with Gasteiger partial charge in [0.1, 0.15) is 6.29 Å². The van der Waals surface area contributed by atoms with Crippen molar-refractivity contribution in [3.05, 3.63) is 54.1 Å². The number of carbonyl (C=O) groups is 2. The first-order chi connectivity index (χ1) is 15.0. The number of ether oxygens (including phenoxy) is 2. The summed E-state index contributed by atoms with van der Waals surface area (Å²) < 4.78 is 10.7. The van der Waals surface area contributed by atoms with Gasteiger partial charge in [-0.25, -0.2) is 9.69 Å². The summed E-state index contributed by atoms with van der Waals surface area (Å²) >= 11 is 0. The highest BCUT2D eigenvalue weighted by molar-refractivity contribution is 6.17. The molecule has 2 aromatic rings. The van der Waals surface area contributed by atoms with Crippen molar-refractivity contribution in [1.82, 2.24) is 21.3 Å². The van der Waals surface area contributed by atoms with E-state index in [9.17, 15) is 9.59 Å². The van der Waals surface area contributed by atoms with Crippen LogP contribution in [0.25, 0.3) is 0 Å². The van der Waals surface area contributed by atoms with Crippen LogP contribution in [0.3, 0.4) is 0 Å². The van der Waals surface area contributed by atoms with Crippen molar-refractivity contribution in [2.75, 3.05) is 25.7 Å². The second-order valence-corrected chi connectivity index (χ2v) is 7.55. The zero-order valence-electron chi connectivity index (χ0n) is 17.7. The standard InChI is InChI=1S/C22H27N5O4/c1-13(14-9-10-17(30-2)18(11-14)31-3)24-21-23-12-16-19(25-21)26-22(29)27(20(16)28)15-7-5-4-6-8-15/h4-11,13,16,19,21,23-25H,12H2,1-3H3,(H,26,29). The number of para-hydroxylation sites is 1. The van der Waals surface area contributed by atoms with Crippen LogP contribution in [0, 0.1) is 5.92 Å². The maximum Gasteiger partial charge on any atom is 0.330 e. The summed E-state index contributed by atoms with van der Waals surface area (Å²) in [5.74, 6) is 0.685. The molecule has 0 aromatic heterocycles. The van der Waals surface area contributed by atoms with Gasteiger partial charge in [0.2, 0.25) is 5.91 Å². The van der Waals surface area contributed by atoms with Gasteiger partial charge in [0.15, 0.2) is 11.5 Å². The summed E-state index contributed by atoms with van der Waals surface area (Å²) in [6, 6.07) is 14.2. The van der Waals surface area contributed by atoms with Crippen LogP contribution in [0.2, 0.25) is 0 Å². The van der Waals surface area contributed by atoms with Gasteiger partial charge < -0.3 is 14.8 Å². The predicted molar refractivity (Wildman–Crippen MR) is 116 cm³/mol. The third-order valence-electron chi connectivity index (χ3n) is 5.65. The predicted octanol–water partition coefficient (Wildman–Crippen LogP) is 1.53. The Kier molecular flexibility index (Phi) is 6.08. The number of amides is 3. The smallest absolute Gasteiger partial charge is 0.330 e. The average molecular weight is 425 g/mol. The highest BCUT2D eigenvalue weighted by Crippen LogP contribution is 2.30. The molecule has 0 bridgehead atoms. The quantitative estimate of drug-likeness (QED) is 0.556. The molecule has 9 nitrogen and oxygen atoms in total. The number of benzene rings is 2. The second-order valence-electron chi connectivity index (χ2n) is 7.55. The van der Waals surface area contributed by atoms with E-state index in [2.05, 4.69) is 21.3 Å². The van der Waals surface area contributed by atoms with E-state index in [-0.39, 0.29) is 18.2 Å². The molecule has 164 valence electrons. The summed E-state index contributed by atoms with van der Waals surface area (Å²) in [5, 5.41) is 12.9. The second kappa shape index (κ2) is 8.93. The van der Waals surface area contributed by atoms with Crippen molar-refractivity contribution >= 4 is 17.6 Å². The number of nitrogens with zero attached hydrogens (tertiary/aromatic N) is 1. The van der Waals surface area contributed by atoms with Crippen LogP contribution in [0.15, 0.2) is 48.5 Å². The molecule has 2 saturated heterocycles. The molecule has 0 spiro atoms. The Morgan fingerprint density at radius 3 is 2.52 bits per heavy atom. The van der Waals surface area contributed by atoms with Crippen LogP contribution in [0.4, 0.5) is 10.5 Å². The van der Waals surface area contributed by atoms with Gasteiger partial charge in [-0.3, -0.25) is 20.7 Å². The highest BCUT2D eigenvalue weighted by Gasteiger charge is 2.44. The topological polar surface area (TPSA) is 104 Å². The number of imide groups is 1. The molecule has 4 N–H and O–H groups in total. The molecule has 2 heterocycles. The first kappa shape index (κ1) is 21.1. The average Bonchev–Trinajstić information content (AvgIpc) is 2.79. The molecule has 4 atom stereocenters. The molecule has 2 aliphatic heterocycles. The van der Waals surface area contributed by atoms with E-state index in [4.69, 9.17) is 9.47 Å². The van der Waals surface area contributed by atoms with E-state index in [1.54, 1.807) is 38.5 Å². The molecule has 4 unspecified atom stereocenters. The molecule has 3 amide bonds. The summed E-state index contributed by atoms with van der Waals surface area (Å²) in [6.45, 7) is 2.45. The summed E-state index contributed by atoms with van der Waals surface area (Å²) in [5.41, 5.74) is 1.58. The molecule has 9 heteroatoms. The Morgan fingerprint density at radius 1 is 1.06 bits per heavy atom. The van der Waals surface area contributed by atoms with E-state index in [1.807, 2.05) is 31.2 Å². The minimum absolute atomic E-state index is 0.0304. The number of nitrogens with one attached hydrogen (secondary N) is 4. The molecule has 0 saturated carbocycles. The summed E-state index contributed by atoms with van der Waals surface area (Å²) in [4.78, 5) is 26.8. The van der Waals surface area contributed by atoms with Gasteiger partial charge in [0.05, 0.1) is 32.0 Å². The number of hydrogen-bond donors (Lipinski definition) is 4. The zero-order valence-corrected chi connectivity index (χ0v) is 17.7. The van der Waals surface area contributed by atoms with Crippen molar-refractivity contribution in [1.29, 1.82) is 0 Å². The zero-order chi connectivity index (χ0) is 22.0. The fourth-order valence-electron chi connectivity index (χ4n) is 3.95. The molecule has 4 rings (SSSR count). The molecule has 31 heavy (non-hydrogen) atoms. The molecule has 0 aliphatic carbocycles. The molecule has 2 aliphatic rings. The van der Waals surface area contributed by atoms with E-state index >= 15 is 0 Å². The minimum Gasteiger partial charge on any atom is -0.493 e. The minimum atomic E-state index is -0.462. The normalized spacial score (nSPS) is 24.2. The number of fused-ring (bicyclic) bond motifs is 1. The Morgan fingerprint density at radius 2 is 1.81 bits per heavy atom. The van der Waals surface area contributed by atoms with Crippen LogP contribution in [-0.4, -0.2) is 45.2 Å². The largest absolute Gasteiger partial charge is 0.493 e. The van der Waals surface area contributed by atoms with Crippen LogP contribution < -0.4 is 35.6 Å². The Labute approximate surface area is 181 Å². The lowest BCUT2D eigenvalue weighted by molar-refractivity contribution is -0.124. The third-order valence-corrected chi connectivity index (χ3v) is 5.65. The van der Waals surface area contributed by atoms with Gasteiger partial charge in [-0.1, -0.05) is 24.3 Å². The maximum absolute atomic E-state index is 13.0. The van der Waals surface area contributed by atoms with Crippen LogP contribution in [0.1, 0.15) is 18.5 Å². The van der Waals surface area contributed by atoms with Crippen molar-refractivity contribution < 1.29 is 19.1 Å². The van der Waals surface area contributed by atoms with Crippen molar-refractivity contribution in [3.63, 3.8) is 0 Å². The van der Waals surface area contributed by atoms with E-state index in [1.165, 1.54) is 4.90 Å². The first-order valence-electron chi connectivity index (χ1n) is 10.2. The van der Waals surface area contributed by atoms with Gasteiger partial charge in [-0.15, -0.1) is 0 Å². The Hall–Kier alpha value is -3.14. The number of rotatable bonds is 6.